The summed E-state index contributed by atoms with van der Waals surface area (Å²) in [6.45, 7) is 8.15. The van der Waals surface area contributed by atoms with Crippen LogP contribution in [0.5, 0.6) is 0 Å². The first-order valence-corrected chi connectivity index (χ1v) is 3.87. The van der Waals surface area contributed by atoms with Gasteiger partial charge < -0.3 is 11.1 Å². The average Bonchev–Trinajstić information content (AvgIpc) is 1.88. The molecule has 2 nitrogen and oxygen atoms in total. The Hall–Kier alpha value is -0.500. The van der Waals surface area contributed by atoms with Crippen LogP contribution in [0.4, 0.5) is 0 Å². The Labute approximate surface area is 62.5 Å². The van der Waals surface area contributed by atoms with E-state index in [1.54, 1.807) is 0 Å². The molecule has 2 heteroatoms. The third-order valence-corrected chi connectivity index (χ3v) is 2.30. The van der Waals surface area contributed by atoms with Crippen LogP contribution in [0.25, 0.3) is 0 Å². The molecule has 1 aliphatic heterocycles. The third kappa shape index (κ3) is 1.51. The first-order chi connectivity index (χ1) is 4.72. The molecule has 2 atom stereocenters. The molecule has 0 aromatic rings. The van der Waals surface area contributed by atoms with Gasteiger partial charge in [-0.1, -0.05) is 13.5 Å². The molecule has 1 aliphatic rings. The maximum absolute atomic E-state index is 5.62. The molecule has 58 valence electrons. The van der Waals surface area contributed by atoms with E-state index in [0.29, 0.717) is 11.8 Å². The Balaban J connectivity index is 2.47. The Bertz CT molecular complexity index is 131. The molecule has 10 heavy (non-hydrogen) atoms. The lowest BCUT2D eigenvalue weighted by Crippen LogP contribution is -2.37. The predicted octanol–water partition coefficient (Wildman–Crippen LogP) is 0.704. The van der Waals surface area contributed by atoms with Gasteiger partial charge in [0.2, 0.25) is 0 Å². The topological polar surface area (TPSA) is 38.0 Å². The maximum Gasteiger partial charge on any atom is 0.0129 e. The van der Waals surface area contributed by atoms with Crippen molar-refractivity contribution in [1.29, 1.82) is 0 Å². The second-order valence-corrected chi connectivity index (χ2v) is 3.15. The van der Waals surface area contributed by atoms with Crippen LogP contribution in [0.1, 0.15) is 13.3 Å². The number of nitrogens with two attached hydrogens (primary N) is 1. The summed E-state index contributed by atoms with van der Waals surface area (Å²) in [5, 5.41) is 3.31. The highest BCUT2D eigenvalue weighted by molar-refractivity contribution is 4.99. The van der Waals surface area contributed by atoms with Crippen molar-refractivity contribution in [1.82, 2.24) is 5.32 Å². The molecule has 0 amide bonds. The molecule has 0 bridgehead atoms. The minimum Gasteiger partial charge on any atom is -0.402 e. The molecular weight excluding hydrogens is 124 g/mol. The fourth-order valence-corrected chi connectivity index (χ4v) is 1.49. The number of piperidine rings is 1. The molecule has 0 saturated carbocycles. The van der Waals surface area contributed by atoms with Crippen LogP contribution in [-0.4, -0.2) is 13.1 Å². The van der Waals surface area contributed by atoms with Crippen LogP contribution in [-0.2, 0) is 0 Å². The summed E-state index contributed by atoms with van der Waals surface area (Å²) >= 11 is 0. The molecule has 0 aromatic heterocycles. The van der Waals surface area contributed by atoms with Gasteiger partial charge in [-0.25, -0.2) is 0 Å². The van der Waals surface area contributed by atoms with Crippen molar-refractivity contribution >= 4 is 0 Å². The second-order valence-electron chi connectivity index (χ2n) is 3.15. The zero-order chi connectivity index (χ0) is 7.56. The van der Waals surface area contributed by atoms with Gasteiger partial charge in [0.25, 0.3) is 0 Å². The molecular formula is C8H16N2. The highest BCUT2D eigenvalue weighted by Gasteiger charge is 2.21. The minimum atomic E-state index is 0.494. The SMILES string of the molecule is C=C(N)C1CNCCC1C. The lowest BCUT2D eigenvalue weighted by atomic mass is 9.86. The first-order valence-electron chi connectivity index (χ1n) is 3.87. The molecule has 0 aliphatic carbocycles. The summed E-state index contributed by atoms with van der Waals surface area (Å²) in [7, 11) is 0. The molecule has 3 N–H and O–H groups in total. The summed E-state index contributed by atoms with van der Waals surface area (Å²) in [5.74, 6) is 1.20. The number of rotatable bonds is 1. The van der Waals surface area contributed by atoms with E-state index in [0.717, 1.165) is 18.8 Å². The molecule has 1 saturated heterocycles. The molecule has 1 fully saturated rings. The molecule has 0 radical (unpaired) electrons. The number of hydrogen-bond acceptors (Lipinski definition) is 2. The summed E-state index contributed by atoms with van der Waals surface area (Å²) in [4.78, 5) is 0. The highest BCUT2D eigenvalue weighted by atomic mass is 14.9. The van der Waals surface area contributed by atoms with Crippen molar-refractivity contribution in [3.05, 3.63) is 12.3 Å². The Kier molecular flexibility index (Phi) is 2.33. The van der Waals surface area contributed by atoms with Crippen molar-refractivity contribution in [2.45, 2.75) is 13.3 Å². The van der Waals surface area contributed by atoms with E-state index in [1.807, 2.05) is 0 Å². The van der Waals surface area contributed by atoms with Crippen LogP contribution in [0.15, 0.2) is 12.3 Å². The van der Waals surface area contributed by atoms with E-state index in [1.165, 1.54) is 6.42 Å². The maximum atomic E-state index is 5.62. The lowest BCUT2D eigenvalue weighted by Gasteiger charge is -2.29. The van der Waals surface area contributed by atoms with Crippen molar-refractivity contribution in [2.24, 2.45) is 17.6 Å². The van der Waals surface area contributed by atoms with Crippen LogP contribution < -0.4 is 11.1 Å². The predicted molar refractivity (Wildman–Crippen MR) is 43.5 cm³/mol. The standard InChI is InChI=1S/C8H16N2/c1-6-3-4-10-5-8(6)7(2)9/h6,8,10H,2-5,9H2,1H3. The van der Waals surface area contributed by atoms with E-state index < -0.39 is 0 Å². The van der Waals surface area contributed by atoms with Gasteiger partial charge in [-0.05, 0) is 18.9 Å². The molecule has 0 aromatic carbocycles. The Morgan fingerprint density at radius 3 is 2.80 bits per heavy atom. The Morgan fingerprint density at radius 1 is 1.70 bits per heavy atom. The van der Waals surface area contributed by atoms with Gasteiger partial charge in [0, 0.05) is 18.2 Å². The zero-order valence-corrected chi connectivity index (χ0v) is 6.56. The second kappa shape index (κ2) is 3.06. The van der Waals surface area contributed by atoms with Crippen LogP contribution in [0.2, 0.25) is 0 Å². The van der Waals surface area contributed by atoms with Crippen molar-refractivity contribution < 1.29 is 0 Å². The summed E-state index contributed by atoms with van der Waals surface area (Å²) < 4.78 is 0. The van der Waals surface area contributed by atoms with Crippen LogP contribution >= 0.6 is 0 Å². The van der Waals surface area contributed by atoms with Crippen LogP contribution in [0, 0.1) is 11.8 Å². The van der Waals surface area contributed by atoms with Crippen LogP contribution in [0.3, 0.4) is 0 Å². The van der Waals surface area contributed by atoms with Gasteiger partial charge in [-0.2, -0.15) is 0 Å². The van der Waals surface area contributed by atoms with Crippen molar-refractivity contribution in [3.63, 3.8) is 0 Å². The van der Waals surface area contributed by atoms with E-state index in [4.69, 9.17) is 5.73 Å². The quantitative estimate of drug-likeness (QED) is 0.563. The van der Waals surface area contributed by atoms with Crippen molar-refractivity contribution in [3.8, 4) is 0 Å². The van der Waals surface area contributed by atoms with E-state index >= 15 is 0 Å². The lowest BCUT2D eigenvalue weighted by molar-refractivity contribution is 0.310. The summed E-state index contributed by atoms with van der Waals surface area (Å²) in [6.07, 6.45) is 1.22. The van der Waals surface area contributed by atoms with E-state index in [2.05, 4.69) is 18.8 Å². The molecule has 0 spiro atoms. The van der Waals surface area contributed by atoms with Gasteiger partial charge in [-0.15, -0.1) is 0 Å². The van der Waals surface area contributed by atoms with Gasteiger partial charge in [0.05, 0.1) is 0 Å². The zero-order valence-electron chi connectivity index (χ0n) is 6.56. The smallest absolute Gasteiger partial charge is 0.0129 e. The largest absolute Gasteiger partial charge is 0.402 e. The van der Waals surface area contributed by atoms with Gasteiger partial charge in [0.15, 0.2) is 0 Å². The number of hydrogen-bond donors (Lipinski definition) is 2. The number of nitrogens with one attached hydrogen (secondary N) is 1. The van der Waals surface area contributed by atoms with Crippen molar-refractivity contribution in [2.75, 3.05) is 13.1 Å². The van der Waals surface area contributed by atoms with Gasteiger partial charge >= 0.3 is 0 Å². The van der Waals surface area contributed by atoms with E-state index in [9.17, 15) is 0 Å². The molecule has 2 unspecified atom stereocenters. The first kappa shape index (κ1) is 7.61. The normalized spacial score (nSPS) is 33.7. The molecule has 1 heterocycles. The highest BCUT2D eigenvalue weighted by Crippen LogP contribution is 2.21. The fourth-order valence-electron chi connectivity index (χ4n) is 1.49. The monoisotopic (exact) mass is 140 g/mol. The fraction of sp³-hybridized carbons (Fsp3) is 0.750. The van der Waals surface area contributed by atoms with Gasteiger partial charge in [0.1, 0.15) is 0 Å². The third-order valence-electron chi connectivity index (χ3n) is 2.30. The summed E-state index contributed by atoms with van der Waals surface area (Å²) in [6, 6.07) is 0. The summed E-state index contributed by atoms with van der Waals surface area (Å²) in [5.41, 5.74) is 6.46. The van der Waals surface area contributed by atoms with E-state index in [-0.39, 0.29) is 0 Å². The minimum absolute atomic E-state index is 0.494. The van der Waals surface area contributed by atoms with Gasteiger partial charge in [-0.3, -0.25) is 0 Å². The average molecular weight is 140 g/mol. The molecule has 1 rings (SSSR count). The Morgan fingerprint density at radius 2 is 2.40 bits per heavy atom.